The Morgan fingerprint density at radius 2 is 2.08 bits per heavy atom. The van der Waals surface area contributed by atoms with Crippen LogP contribution in [0.5, 0.6) is 11.5 Å². The van der Waals surface area contributed by atoms with E-state index in [4.69, 9.17) is 9.47 Å². The van der Waals surface area contributed by atoms with E-state index in [0.717, 1.165) is 15.8 Å². The van der Waals surface area contributed by atoms with Crippen LogP contribution in [-0.4, -0.2) is 18.7 Å². The number of hydrogen-bond acceptors (Lipinski definition) is 5. The Balaban J connectivity index is 2.00. The van der Waals surface area contributed by atoms with Crippen molar-refractivity contribution in [2.24, 2.45) is 0 Å². The second kappa shape index (κ2) is 7.16. The van der Waals surface area contributed by atoms with Crippen molar-refractivity contribution in [1.82, 2.24) is 4.98 Å². The first-order valence-corrected chi connectivity index (χ1v) is 8.35. The van der Waals surface area contributed by atoms with E-state index in [0.29, 0.717) is 28.7 Å². The highest BCUT2D eigenvalue weighted by Gasteiger charge is 2.10. The largest absolute Gasteiger partial charge is 0.493 e. The first-order chi connectivity index (χ1) is 11.7. The van der Waals surface area contributed by atoms with E-state index in [1.807, 2.05) is 55.5 Å². The highest BCUT2D eigenvalue weighted by atomic mass is 32.1. The molecule has 2 aromatic carbocycles. The van der Waals surface area contributed by atoms with E-state index in [-0.39, 0.29) is 0 Å². The van der Waals surface area contributed by atoms with Crippen LogP contribution in [0.1, 0.15) is 17.5 Å². The molecule has 5 heteroatoms. The Morgan fingerprint density at radius 3 is 2.79 bits per heavy atom. The average Bonchev–Trinajstić information content (AvgIpc) is 3.04. The number of methoxy groups -OCH3 is 1. The van der Waals surface area contributed by atoms with E-state index in [9.17, 15) is 5.26 Å². The quantitative estimate of drug-likeness (QED) is 0.630. The summed E-state index contributed by atoms with van der Waals surface area (Å²) in [7, 11) is 1.60. The standard InChI is InChI=1S/C19H16N2O2S/c1-3-23-16-9-8-13(11-17(16)22-2)10-14(12-20)19-21-15-6-4-5-7-18(15)24-19/h4-11H,3H2,1-2H3/b14-10+. The molecular weight excluding hydrogens is 320 g/mol. The number of nitriles is 1. The van der Waals surface area contributed by atoms with Gasteiger partial charge in [-0.2, -0.15) is 5.26 Å². The Hall–Kier alpha value is -2.84. The molecule has 0 saturated heterocycles. The molecule has 120 valence electrons. The Morgan fingerprint density at radius 1 is 1.25 bits per heavy atom. The molecule has 0 bridgehead atoms. The van der Waals surface area contributed by atoms with Crippen molar-refractivity contribution >= 4 is 33.2 Å². The van der Waals surface area contributed by atoms with Crippen LogP contribution in [0.3, 0.4) is 0 Å². The zero-order valence-electron chi connectivity index (χ0n) is 13.4. The smallest absolute Gasteiger partial charge is 0.161 e. The second-order valence-corrected chi connectivity index (χ2v) is 6.03. The van der Waals surface area contributed by atoms with Crippen molar-refractivity contribution in [1.29, 1.82) is 5.26 Å². The van der Waals surface area contributed by atoms with Gasteiger partial charge in [0.25, 0.3) is 0 Å². The molecule has 0 N–H and O–H groups in total. The molecule has 1 heterocycles. The van der Waals surface area contributed by atoms with Crippen LogP contribution in [-0.2, 0) is 0 Å². The van der Waals surface area contributed by atoms with Gasteiger partial charge in [0.2, 0.25) is 0 Å². The highest BCUT2D eigenvalue weighted by Crippen LogP contribution is 2.31. The third-order valence-corrected chi connectivity index (χ3v) is 4.51. The summed E-state index contributed by atoms with van der Waals surface area (Å²) in [6.07, 6.45) is 1.82. The summed E-state index contributed by atoms with van der Waals surface area (Å²) in [5.41, 5.74) is 2.30. The van der Waals surface area contributed by atoms with Crippen LogP contribution in [0, 0.1) is 11.3 Å². The normalized spacial score (nSPS) is 11.3. The van der Waals surface area contributed by atoms with Crippen LogP contribution in [0.4, 0.5) is 0 Å². The van der Waals surface area contributed by atoms with Crippen LogP contribution in [0.2, 0.25) is 0 Å². The van der Waals surface area contributed by atoms with Crippen LogP contribution in [0.25, 0.3) is 21.9 Å². The van der Waals surface area contributed by atoms with Gasteiger partial charge in [0.15, 0.2) is 11.5 Å². The zero-order valence-corrected chi connectivity index (χ0v) is 14.3. The summed E-state index contributed by atoms with van der Waals surface area (Å²) in [5, 5.41) is 10.2. The number of nitrogens with zero attached hydrogens (tertiary/aromatic N) is 2. The third kappa shape index (κ3) is 3.24. The van der Waals surface area contributed by atoms with Crippen molar-refractivity contribution < 1.29 is 9.47 Å². The van der Waals surface area contributed by atoms with Gasteiger partial charge in [-0.05, 0) is 42.8 Å². The van der Waals surface area contributed by atoms with E-state index < -0.39 is 0 Å². The molecule has 0 saturated carbocycles. The molecule has 0 amide bonds. The van der Waals surface area contributed by atoms with Gasteiger partial charge in [-0.1, -0.05) is 18.2 Å². The number of fused-ring (bicyclic) bond motifs is 1. The fourth-order valence-corrected chi connectivity index (χ4v) is 3.28. The van der Waals surface area contributed by atoms with Gasteiger partial charge in [0.05, 0.1) is 29.5 Å². The topological polar surface area (TPSA) is 55.1 Å². The number of benzene rings is 2. The minimum atomic E-state index is 0.530. The Kier molecular flexibility index (Phi) is 4.78. The Bertz CT molecular complexity index is 905. The first kappa shape index (κ1) is 16.0. The van der Waals surface area contributed by atoms with Crippen LogP contribution >= 0.6 is 11.3 Å². The minimum absolute atomic E-state index is 0.530. The maximum absolute atomic E-state index is 9.52. The fourth-order valence-electron chi connectivity index (χ4n) is 2.34. The summed E-state index contributed by atoms with van der Waals surface area (Å²) >= 11 is 1.51. The van der Waals surface area contributed by atoms with E-state index in [1.54, 1.807) is 7.11 Å². The first-order valence-electron chi connectivity index (χ1n) is 7.53. The van der Waals surface area contributed by atoms with Crippen LogP contribution in [0.15, 0.2) is 42.5 Å². The lowest BCUT2D eigenvalue weighted by atomic mass is 10.1. The van der Waals surface area contributed by atoms with E-state index >= 15 is 0 Å². The van der Waals surface area contributed by atoms with E-state index in [2.05, 4.69) is 11.1 Å². The summed E-state index contributed by atoms with van der Waals surface area (Å²) < 4.78 is 11.9. The van der Waals surface area contributed by atoms with Crippen molar-refractivity contribution in [3.63, 3.8) is 0 Å². The summed E-state index contributed by atoms with van der Waals surface area (Å²) in [6, 6.07) is 15.7. The number of aromatic nitrogens is 1. The monoisotopic (exact) mass is 336 g/mol. The maximum atomic E-state index is 9.52. The van der Waals surface area contributed by atoms with Gasteiger partial charge < -0.3 is 9.47 Å². The maximum Gasteiger partial charge on any atom is 0.161 e. The average molecular weight is 336 g/mol. The molecule has 0 aliphatic carbocycles. The lowest BCUT2D eigenvalue weighted by Gasteiger charge is -2.09. The van der Waals surface area contributed by atoms with Gasteiger partial charge in [-0.25, -0.2) is 4.98 Å². The van der Waals surface area contributed by atoms with Crippen molar-refractivity contribution in [3.8, 4) is 17.6 Å². The third-order valence-electron chi connectivity index (χ3n) is 3.44. The number of hydrogen-bond donors (Lipinski definition) is 0. The van der Waals surface area contributed by atoms with E-state index in [1.165, 1.54) is 11.3 Å². The highest BCUT2D eigenvalue weighted by molar-refractivity contribution is 7.19. The molecule has 4 nitrogen and oxygen atoms in total. The molecule has 0 aliphatic heterocycles. The number of para-hydroxylation sites is 1. The summed E-state index contributed by atoms with van der Waals surface area (Å²) in [4.78, 5) is 4.54. The van der Waals surface area contributed by atoms with Crippen molar-refractivity contribution in [3.05, 3.63) is 53.0 Å². The molecule has 0 unspecified atom stereocenters. The van der Waals surface area contributed by atoms with Gasteiger partial charge in [0.1, 0.15) is 11.1 Å². The van der Waals surface area contributed by atoms with Gasteiger partial charge in [0, 0.05) is 0 Å². The molecule has 24 heavy (non-hydrogen) atoms. The predicted molar refractivity (Wildman–Crippen MR) is 97.3 cm³/mol. The predicted octanol–water partition coefficient (Wildman–Crippen LogP) is 4.77. The lowest BCUT2D eigenvalue weighted by molar-refractivity contribution is 0.311. The number of rotatable bonds is 5. The van der Waals surface area contributed by atoms with Crippen molar-refractivity contribution in [2.75, 3.05) is 13.7 Å². The molecular formula is C19H16N2O2S. The fraction of sp³-hybridized carbons (Fsp3) is 0.158. The molecule has 1 aromatic heterocycles. The van der Waals surface area contributed by atoms with Gasteiger partial charge in [-0.3, -0.25) is 0 Å². The second-order valence-electron chi connectivity index (χ2n) is 5.00. The molecule has 0 fully saturated rings. The minimum Gasteiger partial charge on any atom is -0.493 e. The number of ether oxygens (including phenoxy) is 2. The molecule has 3 rings (SSSR count). The molecule has 0 spiro atoms. The molecule has 0 aliphatic rings. The van der Waals surface area contributed by atoms with Gasteiger partial charge >= 0.3 is 0 Å². The SMILES string of the molecule is CCOc1ccc(/C=C(\C#N)c2nc3ccccc3s2)cc1OC. The Labute approximate surface area is 144 Å². The van der Waals surface area contributed by atoms with Crippen LogP contribution < -0.4 is 9.47 Å². The molecule has 0 atom stereocenters. The number of allylic oxidation sites excluding steroid dienone is 1. The number of thiazole rings is 1. The summed E-state index contributed by atoms with van der Waals surface area (Å²) in [6.45, 7) is 2.49. The van der Waals surface area contributed by atoms with Gasteiger partial charge in [-0.15, -0.1) is 11.3 Å². The van der Waals surface area contributed by atoms with Crippen molar-refractivity contribution in [2.45, 2.75) is 6.92 Å². The zero-order chi connectivity index (χ0) is 16.9. The lowest BCUT2D eigenvalue weighted by Crippen LogP contribution is -1.95. The molecule has 3 aromatic rings. The summed E-state index contributed by atoms with van der Waals surface area (Å²) in [5.74, 6) is 1.34. The molecule has 0 radical (unpaired) electrons.